The lowest BCUT2D eigenvalue weighted by atomic mass is 9.79. The molecular formula is C11H22O2. The Bertz CT molecular complexity index is 135. The summed E-state index contributed by atoms with van der Waals surface area (Å²) in [6.07, 6.45) is 2.96. The number of ether oxygens (including phenoxy) is 1. The Morgan fingerprint density at radius 2 is 2.00 bits per heavy atom. The van der Waals surface area contributed by atoms with Crippen LogP contribution in [0.2, 0.25) is 0 Å². The van der Waals surface area contributed by atoms with Gasteiger partial charge in [-0.3, -0.25) is 0 Å². The molecule has 1 saturated carbocycles. The summed E-state index contributed by atoms with van der Waals surface area (Å²) < 4.78 is 5.65. The van der Waals surface area contributed by atoms with E-state index in [1.807, 2.05) is 0 Å². The van der Waals surface area contributed by atoms with Gasteiger partial charge in [-0.05, 0) is 31.1 Å². The summed E-state index contributed by atoms with van der Waals surface area (Å²) in [7, 11) is 0. The van der Waals surface area contributed by atoms with Crippen molar-refractivity contribution in [3.05, 3.63) is 0 Å². The molecule has 2 heteroatoms. The molecular weight excluding hydrogens is 164 g/mol. The summed E-state index contributed by atoms with van der Waals surface area (Å²) in [5.41, 5.74) is 0. The zero-order chi connectivity index (χ0) is 9.84. The van der Waals surface area contributed by atoms with Crippen LogP contribution in [0.1, 0.15) is 40.0 Å². The fourth-order valence-corrected chi connectivity index (χ4v) is 2.32. The lowest BCUT2D eigenvalue weighted by Crippen LogP contribution is -2.41. The van der Waals surface area contributed by atoms with Crippen LogP contribution in [0.25, 0.3) is 0 Å². The first-order chi connectivity index (χ1) is 6.15. The standard InChI is InChI=1S/C11H22O2/c1-4-5-13-11-9(3)6-8(2)7-10(11)12/h8-12H,4-7H2,1-3H3. The molecule has 4 unspecified atom stereocenters. The van der Waals surface area contributed by atoms with Gasteiger partial charge >= 0.3 is 0 Å². The number of hydrogen-bond donors (Lipinski definition) is 1. The quantitative estimate of drug-likeness (QED) is 0.732. The molecule has 0 heterocycles. The van der Waals surface area contributed by atoms with E-state index in [2.05, 4.69) is 20.8 Å². The van der Waals surface area contributed by atoms with E-state index in [0.717, 1.165) is 19.4 Å². The van der Waals surface area contributed by atoms with Gasteiger partial charge in [0.25, 0.3) is 0 Å². The Hall–Kier alpha value is -0.0800. The second-order valence-electron chi connectivity index (χ2n) is 4.46. The first-order valence-corrected chi connectivity index (χ1v) is 5.44. The number of aliphatic hydroxyl groups excluding tert-OH is 1. The summed E-state index contributed by atoms with van der Waals surface area (Å²) in [4.78, 5) is 0. The van der Waals surface area contributed by atoms with Gasteiger partial charge in [0.15, 0.2) is 0 Å². The maximum Gasteiger partial charge on any atom is 0.0859 e. The Kier molecular flexibility index (Phi) is 4.20. The molecule has 4 atom stereocenters. The Balaban J connectivity index is 2.41. The molecule has 1 aliphatic carbocycles. The molecule has 0 aromatic heterocycles. The molecule has 0 radical (unpaired) electrons. The highest BCUT2D eigenvalue weighted by molar-refractivity contribution is 4.83. The molecule has 13 heavy (non-hydrogen) atoms. The highest BCUT2D eigenvalue weighted by Crippen LogP contribution is 2.30. The Morgan fingerprint density at radius 3 is 2.54 bits per heavy atom. The third-order valence-corrected chi connectivity index (χ3v) is 2.87. The fraction of sp³-hybridized carbons (Fsp3) is 1.00. The zero-order valence-electron chi connectivity index (χ0n) is 8.99. The van der Waals surface area contributed by atoms with Gasteiger partial charge in [-0.1, -0.05) is 20.8 Å². The van der Waals surface area contributed by atoms with Gasteiger partial charge in [0.05, 0.1) is 12.2 Å². The number of rotatable bonds is 3. The normalized spacial score (nSPS) is 40.6. The highest BCUT2D eigenvalue weighted by Gasteiger charge is 2.33. The maximum absolute atomic E-state index is 9.81. The summed E-state index contributed by atoms with van der Waals surface area (Å²) in [5.74, 6) is 1.15. The monoisotopic (exact) mass is 186 g/mol. The smallest absolute Gasteiger partial charge is 0.0859 e. The molecule has 2 nitrogen and oxygen atoms in total. The molecule has 0 bridgehead atoms. The molecule has 0 saturated heterocycles. The van der Waals surface area contributed by atoms with Gasteiger partial charge in [-0.15, -0.1) is 0 Å². The van der Waals surface area contributed by atoms with Crippen molar-refractivity contribution in [2.24, 2.45) is 11.8 Å². The van der Waals surface area contributed by atoms with Crippen LogP contribution in [0.5, 0.6) is 0 Å². The van der Waals surface area contributed by atoms with Crippen molar-refractivity contribution < 1.29 is 9.84 Å². The van der Waals surface area contributed by atoms with E-state index < -0.39 is 0 Å². The van der Waals surface area contributed by atoms with Crippen LogP contribution in [-0.4, -0.2) is 23.9 Å². The van der Waals surface area contributed by atoms with Crippen molar-refractivity contribution in [1.82, 2.24) is 0 Å². The molecule has 0 amide bonds. The van der Waals surface area contributed by atoms with Crippen molar-refractivity contribution in [2.75, 3.05) is 6.61 Å². The average Bonchev–Trinajstić information content (AvgIpc) is 2.02. The lowest BCUT2D eigenvalue weighted by Gasteiger charge is -2.36. The zero-order valence-corrected chi connectivity index (χ0v) is 8.99. The molecule has 0 aromatic carbocycles. The van der Waals surface area contributed by atoms with Crippen LogP contribution in [-0.2, 0) is 4.74 Å². The Labute approximate surface area is 81.3 Å². The van der Waals surface area contributed by atoms with E-state index in [1.54, 1.807) is 0 Å². The van der Waals surface area contributed by atoms with Crippen molar-refractivity contribution >= 4 is 0 Å². The molecule has 78 valence electrons. The van der Waals surface area contributed by atoms with Crippen LogP contribution in [0.4, 0.5) is 0 Å². The molecule has 0 spiro atoms. The second kappa shape index (κ2) is 4.97. The van der Waals surface area contributed by atoms with Crippen LogP contribution in [0.15, 0.2) is 0 Å². The lowest BCUT2D eigenvalue weighted by molar-refractivity contribution is -0.0954. The van der Waals surface area contributed by atoms with Crippen LogP contribution in [0.3, 0.4) is 0 Å². The molecule has 0 aliphatic heterocycles. The van der Waals surface area contributed by atoms with E-state index in [1.165, 1.54) is 6.42 Å². The van der Waals surface area contributed by atoms with Crippen molar-refractivity contribution in [1.29, 1.82) is 0 Å². The third kappa shape index (κ3) is 2.96. The summed E-state index contributed by atoms with van der Waals surface area (Å²) in [5, 5.41) is 9.81. The molecule has 0 aromatic rings. The average molecular weight is 186 g/mol. The fourth-order valence-electron chi connectivity index (χ4n) is 2.32. The molecule has 1 N–H and O–H groups in total. The minimum absolute atomic E-state index is 0.0798. The number of aliphatic hydroxyl groups is 1. The van der Waals surface area contributed by atoms with Crippen molar-refractivity contribution in [3.63, 3.8) is 0 Å². The Morgan fingerprint density at radius 1 is 1.31 bits per heavy atom. The van der Waals surface area contributed by atoms with Gasteiger partial charge in [-0.25, -0.2) is 0 Å². The second-order valence-corrected chi connectivity index (χ2v) is 4.46. The molecule has 1 rings (SSSR count). The predicted molar refractivity (Wildman–Crippen MR) is 53.6 cm³/mol. The van der Waals surface area contributed by atoms with Gasteiger partial charge in [-0.2, -0.15) is 0 Å². The minimum atomic E-state index is -0.245. The van der Waals surface area contributed by atoms with E-state index in [9.17, 15) is 5.11 Å². The number of hydrogen-bond acceptors (Lipinski definition) is 2. The van der Waals surface area contributed by atoms with Crippen LogP contribution < -0.4 is 0 Å². The minimum Gasteiger partial charge on any atom is -0.390 e. The topological polar surface area (TPSA) is 29.5 Å². The van der Waals surface area contributed by atoms with Gasteiger partial charge in [0.2, 0.25) is 0 Å². The SMILES string of the molecule is CCCOC1C(C)CC(C)CC1O. The van der Waals surface area contributed by atoms with Crippen molar-refractivity contribution in [3.8, 4) is 0 Å². The molecule has 1 aliphatic rings. The van der Waals surface area contributed by atoms with E-state index in [4.69, 9.17) is 4.74 Å². The highest BCUT2D eigenvalue weighted by atomic mass is 16.5. The van der Waals surface area contributed by atoms with Crippen molar-refractivity contribution in [2.45, 2.75) is 52.2 Å². The first-order valence-electron chi connectivity index (χ1n) is 5.44. The summed E-state index contributed by atoms with van der Waals surface area (Å²) in [6, 6.07) is 0. The predicted octanol–water partition coefficient (Wildman–Crippen LogP) is 2.21. The van der Waals surface area contributed by atoms with E-state index >= 15 is 0 Å². The third-order valence-electron chi connectivity index (χ3n) is 2.87. The largest absolute Gasteiger partial charge is 0.390 e. The summed E-state index contributed by atoms with van der Waals surface area (Å²) >= 11 is 0. The maximum atomic E-state index is 9.81. The van der Waals surface area contributed by atoms with Gasteiger partial charge in [0.1, 0.15) is 0 Å². The van der Waals surface area contributed by atoms with Gasteiger partial charge in [0, 0.05) is 6.61 Å². The van der Waals surface area contributed by atoms with Gasteiger partial charge < -0.3 is 9.84 Å². The first kappa shape index (κ1) is 11.0. The van der Waals surface area contributed by atoms with E-state index in [-0.39, 0.29) is 12.2 Å². The summed E-state index contributed by atoms with van der Waals surface area (Å²) in [6.45, 7) is 7.26. The van der Waals surface area contributed by atoms with E-state index in [0.29, 0.717) is 11.8 Å². The van der Waals surface area contributed by atoms with Crippen LogP contribution >= 0.6 is 0 Å². The molecule has 1 fully saturated rings. The van der Waals surface area contributed by atoms with Crippen LogP contribution in [0, 0.1) is 11.8 Å².